The molecule has 2 aromatic rings. The van der Waals surface area contributed by atoms with Crippen molar-refractivity contribution >= 4 is 5.82 Å². The number of anilines is 1. The minimum atomic E-state index is -0.153. The first-order chi connectivity index (χ1) is 10.2. The van der Waals surface area contributed by atoms with Crippen LogP contribution in [0.2, 0.25) is 0 Å². The van der Waals surface area contributed by atoms with Crippen LogP contribution < -0.4 is 11.1 Å². The Balaban J connectivity index is 2.11. The standard InChI is InChI=1S/C17H22FN3/c1-2-9-20-15(11-13-6-3-4-8-16(13)18)12-14-7-5-10-21-17(14)19/h3-8,10,15,20H,2,9,11-12H2,1H3,(H2,19,21). The van der Waals surface area contributed by atoms with Gasteiger partial charge in [-0.25, -0.2) is 9.37 Å². The number of hydrogen-bond acceptors (Lipinski definition) is 3. The second-order valence-electron chi connectivity index (χ2n) is 5.20. The average molecular weight is 287 g/mol. The van der Waals surface area contributed by atoms with Gasteiger partial charge < -0.3 is 11.1 Å². The molecule has 0 aliphatic rings. The van der Waals surface area contributed by atoms with Crippen molar-refractivity contribution in [2.24, 2.45) is 0 Å². The molecular formula is C17H22FN3. The molecule has 0 fully saturated rings. The van der Waals surface area contributed by atoms with Crippen molar-refractivity contribution in [3.63, 3.8) is 0 Å². The molecule has 0 saturated carbocycles. The maximum atomic E-state index is 13.8. The largest absolute Gasteiger partial charge is 0.383 e. The Morgan fingerprint density at radius 3 is 2.57 bits per heavy atom. The SMILES string of the molecule is CCCNC(Cc1ccccc1F)Cc1cccnc1N. The highest BCUT2D eigenvalue weighted by atomic mass is 19.1. The molecule has 21 heavy (non-hydrogen) atoms. The van der Waals surface area contributed by atoms with Crippen LogP contribution >= 0.6 is 0 Å². The summed E-state index contributed by atoms with van der Waals surface area (Å²) in [4.78, 5) is 4.11. The van der Waals surface area contributed by atoms with Crippen LogP contribution in [0.5, 0.6) is 0 Å². The highest BCUT2D eigenvalue weighted by molar-refractivity contribution is 5.39. The number of nitrogens with zero attached hydrogens (tertiary/aromatic N) is 1. The quantitative estimate of drug-likeness (QED) is 0.823. The summed E-state index contributed by atoms with van der Waals surface area (Å²) >= 11 is 0. The molecule has 0 amide bonds. The molecule has 4 heteroatoms. The van der Waals surface area contributed by atoms with Gasteiger partial charge in [-0.3, -0.25) is 0 Å². The number of pyridine rings is 1. The summed E-state index contributed by atoms with van der Waals surface area (Å²) in [7, 11) is 0. The monoisotopic (exact) mass is 287 g/mol. The molecule has 3 N–H and O–H groups in total. The van der Waals surface area contributed by atoms with Crippen molar-refractivity contribution in [3.8, 4) is 0 Å². The number of rotatable bonds is 7. The average Bonchev–Trinajstić information content (AvgIpc) is 2.49. The molecule has 1 aromatic heterocycles. The number of nitrogen functional groups attached to an aromatic ring is 1. The Morgan fingerprint density at radius 1 is 1.14 bits per heavy atom. The van der Waals surface area contributed by atoms with Crippen LogP contribution in [0, 0.1) is 5.82 Å². The van der Waals surface area contributed by atoms with E-state index in [4.69, 9.17) is 5.73 Å². The lowest BCUT2D eigenvalue weighted by Gasteiger charge is -2.19. The predicted molar refractivity (Wildman–Crippen MR) is 84.5 cm³/mol. The number of nitrogens with one attached hydrogen (secondary N) is 1. The summed E-state index contributed by atoms with van der Waals surface area (Å²) in [5, 5.41) is 3.47. The summed E-state index contributed by atoms with van der Waals surface area (Å²) in [6.07, 6.45) is 4.11. The van der Waals surface area contributed by atoms with Crippen LogP contribution in [0.4, 0.5) is 10.2 Å². The highest BCUT2D eigenvalue weighted by Gasteiger charge is 2.14. The van der Waals surface area contributed by atoms with Crippen molar-refractivity contribution < 1.29 is 4.39 Å². The van der Waals surface area contributed by atoms with E-state index in [0.29, 0.717) is 12.2 Å². The van der Waals surface area contributed by atoms with Crippen molar-refractivity contribution in [2.75, 3.05) is 12.3 Å². The Bertz CT molecular complexity index is 524. The lowest BCUT2D eigenvalue weighted by atomic mass is 9.99. The summed E-state index contributed by atoms with van der Waals surface area (Å²) in [5.74, 6) is 0.397. The topological polar surface area (TPSA) is 50.9 Å². The maximum absolute atomic E-state index is 13.8. The van der Waals surface area contributed by atoms with Crippen LogP contribution in [0.15, 0.2) is 42.6 Å². The van der Waals surface area contributed by atoms with E-state index in [1.54, 1.807) is 12.3 Å². The fourth-order valence-corrected chi connectivity index (χ4v) is 2.38. The lowest BCUT2D eigenvalue weighted by Crippen LogP contribution is -2.34. The van der Waals surface area contributed by atoms with Gasteiger partial charge in [0.1, 0.15) is 11.6 Å². The highest BCUT2D eigenvalue weighted by Crippen LogP contribution is 2.15. The van der Waals surface area contributed by atoms with Crippen molar-refractivity contribution in [3.05, 3.63) is 59.5 Å². The van der Waals surface area contributed by atoms with Gasteiger partial charge >= 0.3 is 0 Å². The maximum Gasteiger partial charge on any atom is 0.126 e. The van der Waals surface area contributed by atoms with Crippen molar-refractivity contribution in [2.45, 2.75) is 32.2 Å². The Morgan fingerprint density at radius 2 is 1.86 bits per heavy atom. The molecule has 0 radical (unpaired) electrons. The number of nitrogens with two attached hydrogens (primary N) is 1. The first kappa shape index (κ1) is 15.4. The lowest BCUT2D eigenvalue weighted by molar-refractivity contribution is 0.492. The molecule has 1 atom stereocenters. The van der Waals surface area contributed by atoms with E-state index in [1.165, 1.54) is 6.07 Å². The van der Waals surface area contributed by atoms with Crippen LogP contribution in [0.3, 0.4) is 0 Å². The van der Waals surface area contributed by atoms with Gasteiger partial charge in [0, 0.05) is 12.2 Å². The van der Waals surface area contributed by atoms with Gasteiger partial charge in [-0.1, -0.05) is 31.2 Å². The molecule has 2 rings (SSSR count). The normalized spacial score (nSPS) is 12.3. The molecule has 1 aromatic carbocycles. The van der Waals surface area contributed by atoms with E-state index >= 15 is 0 Å². The fraction of sp³-hybridized carbons (Fsp3) is 0.353. The number of hydrogen-bond donors (Lipinski definition) is 2. The summed E-state index contributed by atoms with van der Waals surface area (Å²) in [5.41, 5.74) is 7.64. The van der Waals surface area contributed by atoms with E-state index in [9.17, 15) is 4.39 Å². The van der Waals surface area contributed by atoms with Gasteiger partial charge in [0.15, 0.2) is 0 Å². The van der Waals surface area contributed by atoms with E-state index in [0.717, 1.165) is 30.5 Å². The number of halogens is 1. The predicted octanol–water partition coefficient (Wildman–Crippen LogP) is 2.96. The first-order valence-corrected chi connectivity index (χ1v) is 7.37. The van der Waals surface area contributed by atoms with Crippen LogP contribution in [-0.4, -0.2) is 17.6 Å². The molecule has 0 saturated heterocycles. The number of aromatic nitrogens is 1. The van der Waals surface area contributed by atoms with Crippen LogP contribution in [0.25, 0.3) is 0 Å². The van der Waals surface area contributed by atoms with Crippen LogP contribution in [-0.2, 0) is 12.8 Å². The van der Waals surface area contributed by atoms with Gasteiger partial charge in [-0.2, -0.15) is 0 Å². The minimum Gasteiger partial charge on any atom is -0.383 e. The van der Waals surface area contributed by atoms with Crippen molar-refractivity contribution in [1.29, 1.82) is 0 Å². The molecule has 3 nitrogen and oxygen atoms in total. The second kappa shape index (κ2) is 7.74. The molecule has 0 aliphatic carbocycles. The Kier molecular flexibility index (Phi) is 5.69. The molecular weight excluding hydrogens is 265 g/mol. The first-order valence-electron chi connectivity index (χ1n) is 7.37. The smallest absolute Gasteiger partial charge is 0.126 e. The van der Waals surface area contributed by atoms with Gasteiger partial charge in [0.2, 0.25) is 0 Å². The second-order valence-corrected chi connectivity index (χ2v) is 5.20. The van der Waals surface area contributed by atoms with E-state index in [1.807, 2.05) is 24.3 Å². The zero-order chi connectivity index (χ0) is 15.1. The zero-order valence-corrected chi connectivity index (χ0v) is 12.3. The van der Waals surface area contributed by atoms with E-state index in [2.05, 4.69) is 17.2 Å². The third kappa shape index (κ3) is 4.53. The van der Waals surface area contributed by atoms with Gasteiger partial charge in [-0.15, -0.1) is 0 Å². The molecule has 0 aliphatic heterocycles. The minimum absolute atomic E-state index is 0.147. The molecule has 112 valence electrons. The molecule has 0 spiro atoms. The van der Waals surface area contributed by atoms with Crippen LogP contribution in [0.1, 0.15) is 24.5 Å². The summed E-state index contributed by atoms with van der Waals surface area (Å²) in [6, 6.07) is 10.9. The van der Waals surface area contributed by atoms with Gasteiger partial charge in [0.05, 0.1) is 0 Å². The zero-order valence-electron chi connectivity index (χ0n) is 12.3. The summed E-state index contributed by atoms with van der Waals surface area (Å²) in [6.45, 7) is 3.02. The van der Waals surface area contributed by atoms with Gasteiger partial charge in [0.25, 0.3) is 0 Å². The fourth-order valence-electron chi connectivity index (χ4n) is 2.38. The Labute approximate surface area is 125 Å². The Hall–Kier alpha value is -1.94. The third-order valence-corrected chi connectivity index (χ3v) is 3.50. The van der Waals surface area contributed by atoms with E-state index in [-0.39, 0.29) is 11.9 Å². The van der Waals surface area contributed by atoms with Gasteiger partial charge in [-0.05, 0) is 49.1 Å². The number of benzene rings is 1. The molecule has 0 bridgehead atoms. The molecule has 1 heterocycles. The third-order valence-electron chi connectivity index (χ3n) is 3.50. The summed E-state index contributed by atoms with van der Waals surface area (Å²) < 4.78 is 13.8. The molecule has 1 unspecified atom stereocenters. The van der Waals surface area contributed by atoms with Crippen molar-refractivity contribution in [1.82, 2.24) is 10.3 Å². The van der Waals surface area contributed by atoms with E-state index < -0.39 is 0 Å².